The van der Waals surface area contributed by atoms with Crippen molar-refractivity contribution in [3.8, 4) is 11.4 Å². The minimum Gasteiger partial charge on any atom is -0.459 e. The molecule has 184 valence electrons. The number of aromatic nitrogens is 3. The Morgan fingerprint density at radius 2 is 2.06 bits per heavy atom. The third kappa shape index (κ3) is 5.35. The summed E-state index contributed by atoms with van der Waals surface area (Å²) in [5.74, 6) is 0.668. The van der Waals surface area contributed by atoms with E-state index in [0.29, 0.717) is 25.3 Å². The molecule has 8 nitrogen and oxygen atoms in total. The molecule has 1 aliphatic rings. The summed E-state index contributed by atoms with van der Waals surface area (Å²) in [7, 11) is 3.72. The van der Waals surface area contributed by atoms with E-state index in [4.69, 9.17) is 14.5 Å². The molecule has 3 aromatic rings. The summed E-state index contributed by atoms with van der Waals surface area (Å²) in [6.07, 6.45) is 2.42. The monoisotopic (exact) mass is 488 g/mol. The molecule has 1 fully saturated rings. The molecule has 3 heterocycles. The molecule has 4 rings (SSSR count). The molecular formula is C25H33ClN4O4. The SMILES string of the molecule is Cc1cc(-c2nc3cc(CN[C@H](C(=O)OC4CCOC4)C(C)C)ccc3n2C)cn(C)c1=O.Cl. The van der Waals surface area contributed by atoms with Crippen molar-refractivity contribution >= 4 is 29.4 Å². The number of fused-ring (bicyclic) bond motifs is 1. The summed E-state index contributed by atoms with van der Waals surface area (Å²) < 4.78 is 14.5. The number of benzene rings is 1. The number of pyridine rings is 1. The highest BCUT2D eigenvalue weighted by molar-refractivity contribution is 5.85. The molecule has 1 aliphatic heterocycles. The number of esters is 1. The van der Waals surface area contributed by atoms with E-state index in [1.807, 2.05) is 62.8 Å². The highest BCUT2D eigenvalue weighted by atomic mass is 35.5. The standard InChI is InChI=1S/C25H32N4O4.ClH/c1-15(2)22(25(31)33-19-8-9-32-14-19)26-12-17-6-7-21-20(11-17)27-23(29(21)5)18-10-16(3)24(30)28(4)13-18;/h6-7,10-11,13,15,19,22,26H,8-9,12,14H2,1-5H3;1H/t19?,22-;/m0./s1. The number of nitrogens with one attached hydrogen (secondary N) is 1. The van der Waals surface area contributed by atoms with Gasteiger partial charge in [-0.05, 0) is 36.6 Å². The number of hydrogen-bond donors (Lipinski definition) is 1. The van der Waals surface area contributed by atoms with Crippen molar-refractivity contribution in [2.75, 3.05) is 13.2 Å². The fourth-order valence-electron chi connectivity index (χ4n) is 4.28. The number of carbonyl (C=O) groups excluding carboxylic acids is 1. The van der Waals surface area contributed by atoms with Gasteiger partial charge in [-0.2, -0.15) is 0 Å². The van der Waals surface area contributed by atoms with Crippen LogP contribution >= 0.6 is 12.4 Å². The van der Waals surface area contributed by atoms with Gasteiger partial charge in [0.05, 0.1) is 24.2 Å². The maximum Gasteiger partial charge on any atom is 0.323 e. The molecular weight excluding hydrogens is 456 g/mol. The lowest BCUT2D eigenvalue weighted by Crippen LogP contribution is -2.43. The zero-order valence-electron chi connectivity index (χ0n) is 20.3. The first kappa shape index (κ1) is 25.9. The van der Waals surface area contributed by atoms with Gasteiger partial charge in [0.15, 0.2) is 0 Å². The minimum atomic E-state index is -0.394. The summed E-state index contributed by atoms with van der Waals surface area (Å²) in [6.45, 7) is 7.47. The Balaban J connectivity index is 0.00000324. The van der Waals surface area contributed by atoms with Gasteiger partial charge < -0.3 is 23.9 Å². The third-order valence-electron chi connectivity index (χ3n) is 6.18. The number of rotatable bonds is 7. The van der Waals surface area contributed by atoms with E-state index in [2.05, 4.69) is 5.32 Å². The molecule has 2 aromatic heterocycles. The molecule has 0 amide bonds. The number of imidazole rings is 1. The lowest BCUT2D eigenvalue weighted by Gasteiger charge is -2.22. The topological polar surface area (TPSA) is 87.4 Å². The van der Waals surface area contributed by atoms with E-state index in [9.17, 15) is 9.59 Å². The van der Waals surface area contributed by atoms with Crippen LogP contribution in [0.5, 0.6) is 0 Å². The van der Waals surface area contributed by atoms with E-state index in [1.54, 1.807) is 11.6 Å². The summed E-state index contributed by atoms with van der Waals surface area (Å²) >= 11 is 0. The Bertz CT molecular complexity index is 1200. The first-order valence-corrected chi connectivity index (χ1v) is 11.4. The van der Waals surface area contributed by atoms with Crippen LogP contribution in [-0.2, 0) is 34.9 Å². The van der Waals surface area contributed by atoms with E-state index in [-0.39, 0.29) is 36.0 Å². The quantitative estimate of drug-likeness (QED) is 0.514. The van der Waals surface area contributed by atoms with Crippen molar-refractivity contribution in [3.05, 3.63) is 51.9 Å². The number of halogens is 1. The second-order valence-electron chi connectivity index (χ2n) is 9.17. The molecule has 0 radical (unpaired) electrons. The van der Waals surface area contributed by atoms with Crippen LogP contribution in [0.2, 0.25) is 0 Å². The fourth-order valence-corrected chi connectivity index (χ4v) is 4.28. The highest BCUT2D eigenvalue weighted by Gasteiger charge is 2.28. The molecule has 2 atom stereocenters. The molecule has 0 aliphatic carbocycles. The van der Waals surface area contributed by atoms with Gasteiger partial charge in [0.1, 0.15) is 18.0 Å². The number of carbonyl (C=O) groups is 1. The van der Waals surface area contributed by atoms with Crippen LogP contribution in [0, 0.1) is 12.8 Å². The van der Waals surface area contributed by atoms with Crippen LogP contribution in [0.15, 0.2) is 35.3 Å². The van der Waals surface area contributed by atoms with Gasteiger partial charge in [0.2, 0.25) is 0 Å². The van der Waals surface area contributed by atoms with Gasteiger partial charge in [-0.15, -0.1) is 12.4 Å². The third-order valence-corrected chi connectivity index (χ3v) is 6.18. The molecule has 9 heteroatoms. The molecule has 0 spiro atoms. The molecule has 1 aromatic carbocycles. The second kappa shape index (κ2) is 10.7. The summed E-state index contributed by atoms with van der Waals surface area (Å²) in [6, 6.07) is 7.60. The minimum absolute atomic E-state index is 0. The molecule has 0 saturated carbocycles. The van der Waals surface area contributed by atoms with Gasteiger partial charge in [-0.3, -0.25) is 9.59 Å². The van der Waals surface area contributed by atoms with E-state index < -0.39 is 6.04 Å². The Labute approximate surface area is 205 Å². The lowest BCUT2D eigenvalue weighted by molar-refractivity contribution is -0.152. The van der Waals surface area contributed by atoms with Crippen molar-refractivity contribution in [3.63, 3.8) is 0 Å². The molecule has 34 heavy (non-hydrogen) atoms. The predicted octanol–water partition coefficient (Wildman–Crippen LogP) is 3.12. The largest absolute Gasteiger partial charge is 0.459 e. The van der Waals surface area contributed by atoms with Crippen LogP contribution in [0.1, 0.15) is 31.4 Å². The van der Waals surface area contributed by atoms with Gasteiger partial charge in [0, 0.05) is 44.4 Å². The smallest absolute Gasteiger partial charge is 0.323 e. The summed E-state index contributed by atoms with van der Waals surface area (Å²) in [5, 5.41) is 3.36. The van der Waals surface area contributed by atoms with Crippen molar-refractivity contribution in [2.24, 2.45) is 20.0 Å². The summed E-state index contributed by atoms with van der Waals surface area (Å²) in [5.41, 5.74) is 4.47. The Kier molecular flexibility index (Phi) is 8.17. The predicted molar refractivity (Wildman–Crippen MR) is 134 cm³/mol. The Morgan fingerprint density at radius 3 is 2.71 bits per heavy atom. The fraction of sp³-hybridized carbons (Fsp3) is 0.480. The molecule has 1 unspecified atom stereocenters. The highest BCUT2D eigenvalue weighted by Crippen LogP contribution is 2.24. The van der Waals surface area contributed by atoms with E-state index >= 15 is 0 Å². The number of ether oxygens (including phenoxy) is 2. The Morgan fingerprint density at radius 1 is 1.29 bits per heavy atom. The normalized spacial score (nSPS) is 16.6. The van der Waals surface area contributed by atoms with Gasteiger partial charge in [0.25, 0.3) is 5.56 Å². The second-order valence-corrected chi connectivity index (χ2v) is 9.17. The first-order chi connectivity index (χ1) is 15.7. The molecule has 0 bridgehead atoms. The van der Waals surface area contributed by atoms with Crippen molar-refractivity contribution in [1.29, 1.82) is 0 Å². The lowest BCUT2D eigenvalue weighted by atomic mass is 10.0. The van der Waals surface area contributed by atoms with Crippen LogP contribution in [0.4, 0.5) is 0 Å². The van der Waals surface area contributed by atoms with Crippen molar-refractivity contribution in [1.82, 2.24) is 19.4 Å². The van der Waals surface area contributed by atoms with Crippen molar-refractivity contribution < 1.29 is 14.3 Å². The zero-order valence-corrected chi connectivity index (χ0v) is 21.1. The number of nitrogens with zero attached hydrogens (tertiary/aromatic N) is 3. The number of hydrogen-bond acceptors (Lipinski definition) is 6. The number of aryl methyl sites for hydroxylation is 3. The van der Waals surface area contributed by atoms with Gasteiger partial charge in [-0.25, -0.2) is 4.98 Å². The van der Waals surface area contributed by atoms with E-state index in [1.165, 1.54) is 0 Å². The van der Waals surface area contributed by atoms with Gasteiger partial charge in [-0.1, -0.05) is 19.9 Å². The van der Waals surface area contributed by atoms with Crippen LogP contribution in [-0.4, -0.2) is 45.4 Å². The maximum atomic E-state index is 12.7. The Hall–Kier alpha value is -2.68. The van der Waals surface area contributed by atoms with Crippen LogP contribution in [0.3, 0.4) is 0 Å². The first-order valence-electron chi connectivity index (χ1n) is 11.4. The zero-order chi connectivity index (χ0) is 23.7. The molecule has 1 N–H and O–H groups in total. The average molecular weight is 489 g/mol. The average Bonchev–Trinajstić information content (AvgIpc) is 3.39. The maximum absolute atomic E-state index is 12.7. The van der Waals surface area contributed by atoms with Gasteiger partial charge >= 0.3 is 5.97 Å². The van der Waals surface area contributed by atoms with Crippen molar-refractivity contribution in [2.45, 2.75) is 45.9 Å². The summed E-state index contributed by atoms with van der Waals surface area (Å²) in [4.78, 5) is 29.6. The van der Waals surface area contributed by atoms with Crippen LogP contribution in [0.25, 0.3) is 22.4 Å². The molecule has 1 saturated heterocycles. The van der Waals surface area contributed by atoms with Crippen LogP contribution < -0.4 is 10.9 Å². The van der Waals surface area contributed by atoms with E-state index in [0.717, 1.165) is 34.4 Å².